The van der Waals surface area contributed by atoms with E-state index in [2.05, 4.69) is 6.92 Å². The van der Waals surface area contributed by atoms with Crippen molar-refractivity contribution in [2.75, 3.05) is 85.9 Å². The van der Waals surface area contributed by atoms with Gasteiger partial charge in [-0.05, 0) is 6.42 Å². The zero-order valence-corrected chi connectivity index (χ0v) is 23.6. The van der Waals surface area contributed by atoms with Crippen LogP contribution in [0.2, 0.25) is 0 Å². The molecule has 0 aromatic carbocycles. The number of hydrogen-bond acceptors (Lipinski definition) is 10. The second-order valence-electron chi connectivity index (χ2n) is 7.86. The number of ether oxygens (including phenoxy) is 5. The maximum atomic E-state index is 8.74. The van der Waals surface area contributed by atoms with E-state index < -0.39 is 10.4 Å². The first-order valence-electron chi connectivity index (χ1n) is 13.2. The summed E-state index contributed by atoms with van der Waals surface area (Å²) in [5.41, 5.74) is 0. The Hall–Kier alpha value is 0.550. The van der Waals surface area contributed by atoms with Crippen LogP contribution in [0.25, 0.3) is 0 Å². The van der Waals surface area contributed by atoms with Crippen LogP contribution >= 0.6 is 0 Å². The van der Waals surface area contributed by atoms with Crippen molar-refractivity contribution in [3.8, 4) is 0 Å². The zero-order chi connectivity index (χ0) is 28.3. The minimum atomic E-state index is -4.67. The maximum absolute atomic E-state index is 8.74. The molecule has 0 fully saturated rings. The number of hydrogen-bond donors (Lipinski definition) is 5. The first-order chi connectivity index (χ1) is 17.8. The van der Waals surface area contributed by atoms with Crippen LogP contribution < -0.4 is 0 Å². The van der Waals surface area contributed by atoms with Crippen LogP contribution in [0.15, 0.2) is 0 Å². The van der Waals surface area contributed by atoms with Crippen molar-refractivity contribution in [2.45, 2.75) is 71.1 Å². The number of rotatable bonds is 26. The molecule has 0 saturated carbocycles. The summed E-state index contributed by atoms with van der Waals surface area (Å²) < 4.78 is 57.4. The van der Waals surface area contributed by atoms with E-state index in [0.717, 1.165) is 6.42 Å². The summed E-state index contributed by atoms with van der Waals surface area (Å²) in [7, 11) is -4.67. The summed E-state index contributed by atoms with van der Waals surface area (Å²) in [5, 5.41) is 25.5. The Kier molecular flexibility index (Phi) is 50.4. The van der Waals surface area contributed by atoms with Crippen LogP contribution in [-0.2, 0) is 34.1 Å². The number of unbranched alkanes of at least 4 members (excludes halogenated alkanes) is 9. The van der Waals surface area contributed by atoms with Gasteiger partial charge in [-0.15, -0.1) is 0 Å². The molecular weight excluding hydrogens is 535 g/mol. The normalized spacial score (nSPS) is 10.7. The predicted octanol–water partition coefficient (Wildman–Crippen LogP) is 1.65. The van der Waals surface area contributed by atoms with Gasteiger partial charge in [-0.3, -0.25) is 9.11 Å². The standard InChI is InChI=1S/C12H26O7.C12H26O.Na.H2O4S.H/c13-1-3-15-5-7-17-9-11-19-12-10-18-8-6-16-4-2-14;1-2-3-4-5-6-7-8-9-10-11-12-13;;1-5(2,3)4;/h13-14H,1-12H2;13H,2-12H2,1H3;;(H2,1,2,3,4);. The van der Waals surface area contributed by atoms with Crippen LogP contribution in [0.5, 0.6) is 0 Å². The van der Waals surface area contributed by atoms with E-state index in [1.807, 2.05) is 0 Å². The zero-order valence-electron chi connectivity index (χ0n) is 22.8. The van der Waals surface area contributed by atoms with Gasteiger partial charge < -0.3 is 39.0 Å². The van der Waals surface area contributed by atoms with Crippen LogP contribution in [0.4, 0.5) is 0 Å². The molecule has 0 unspecified atom stereocenters. The number of aliphatic hydroxyl groups is 3. The van der Waals surface area contributed by atoms with Crippen molar-refractivity contribution in [1.82, 2.24) is 0 Å². The third-order valence-electron chi connectivity index (χ3n) is 4.47. The van der Waals surface area contributed by atoms with E-state index in [1.54, 1.807) is 0 Å². The number of aliphatic hydroxyl groups excluding tert-OH is 3. The fourth-order valence-electron chi connectivity index (χ4n) is 2.71. The van der Waals surface area contributed by atoms with Gasteiger partial charge in [0.25, 0.3) is 0 Å². The summed E-state index contributed by atoms with van der Waals surface area (Å²) in [6.45, 7) is 7.43. The van der Waals surface area contributed by atoms with Gasteiger partial charge in [0.15, 0.2) is 0 Å². The Labute approximate surface area is 252 Å². The molecule has 5 N–H and O–H groups in total. The molecule has 14 heteroatoms. The van der Waals surface area contributed by atoms with Crippen molar-refractivity contribution in [2.24, 2.45) is 0 Å². The van der Waals surface area contributed by atoms with Crippen molar-refractivity contribution < 1.29 is 56.5 Å². The molecule has 0 heterocycles. The Morgan fingerprint density at radius 3 is 0.921 bits per heavy atom. The fourth-order valence-corrected chi connectivity index (χ4v) is 2.71. The Morgan fingerprint density at radius 1 is 0.447 bits per heavy atom. The molecular formula is C24H55NaO12S. The van der Waals surface area contributed by atoms with Gasteiger partial charge in [0.05, 0.1) is 79.3 Å². The molecule has 0 aromatic heterocycles. The second-order valence-corrected chi connectivity index (χ2v) is 8.76. The molecule has 12 nitrogen and oxygen atoms in total. The van der Waals surface area contributed by atoms with Gasteiger partial charge in [-0.25, -0.2) is 0 Å². The van der Waals surface area contributed by atoms with Crippen molar-refractivity contribution in [1.29, 1.82) is 0 Å². The average molecular weight is 591 g/mol. The monoisotopic (exact) mass is 590 g/mol. The van der Waals surface area contributed by atoms with Gasteiger partial charge >= 0.3 is 40.0 Å². The molecule has 38 heavy (non-hydrogen) atoms. The summed E-state index contributed by atoms with van der Waals surface area (Å²) in [5.74, 6) is 0. The summed E-state index contributed by atoms with van der Waals surface area (Å²) in [4.78, 5) is 0. The van der Waals surface area contributed by atoms with Crippen LogP contribution in [0.3, 0.4) is 0 Å². The molecule has 0 saturated heterocycles. The van der Waals surface area contributed by atoms with Crippen LogP contribution in [0, 0.1) is 0 Å². The summed E-state index contributed by atoms with van der Waals surface area (Å²) in [6, 6.07) is 0. The average Bonchev–Trinajstić information content (AvgIpc) is 2.85. The molecule has 0 radical (unpaired) electrons. The molecule has 0 spiro atoms. The second kappa shape index (κ2) is 42.0. The van der Waals surface area contributed by atoms with Gasteiger partial charge in [-0.1, -0.05) is 64.7 Å². The van der Waals surface area contributed by atoms with Gasteiger partial charge in [-0.2, -0.15) is 8.42 Å². The summed E-state index contributed by atoms with van der Waals surface area (Å²) >= 11 is 0. The van der Waals surface area contributed by atoms with E-state index in [1.165, 1.54) is 57.8 Å². The quantitative estimate of drug-likeness (QED) is 0.0559. The minimum absolute atomic E-state index is 0. The van der Waals surface area contributed by atoms with Crippen molar-refractivity contribution in [3.05, 3.63) is 0 Å². The van der Waals surface area contributed by atoms with E-state index in [9.17, 15) is 0 Å². The molecule has 230 valence electrons. The van der Waals surface area contributed by atoms with E-state index in [4.69, 9.17) is 56.5 Å². The topological polar surface area (TPSA) is 181 Å². The van der Waals surface area contributed by atoms with E-state index in [-0.39, 0.29) is 42.8 Å². The van der Waals surface area contributed by atoms with E-state index in [0.29, 0.717) is 72.7 Å². The van der Waals surface area contributed by atoms with Gasteiger partial charge in [0.1, 0.15) is 0 Å². The third-order valence-corrected chi connectivity index (χ3v) is 4.47. The molecule has 0 aliphatic heterocycles. The van der Waals surface area contributed by atoms with Gasteiger partial charge in [0, 0.05) is 6.61 Å². The molecule has 0 rings (SSSR count). The molecule has 0 bridgehead atoms. The third kappa shape index (κ3) is 65.5. The van der Waals surface area contributed by atoms with Crippen molar-refractivity contribution in [3.63, 3.8) is 0 Å². The Morgan fingerprint density at radius 2 is 0.684 bits per heavy atom. The molecule has 0 amide bonds. The molecule has 0 aromatic rings. The van der Waals surface area contributed by atoms with Crippen LogP contribution in [-0.4, -0.2) is 148 Å². The first-order valence-corrected chi connectivity index (χ1v) is 14.6. The molecule has 0 aliphatic rings. The predicted molar refractivity (Wildman–Crippen MR) is 149 cm³/mol. The molecule has 0 atom stereocenters. The Bertz CT molecular complexity index is 453. The van der Waals surface area contributed by atoms with Gasteiger partial charge in [0.2, 0.25) is 0 Å². The first kappa shape index (κ1) is 45.5. The Balaban J connectivity index is -0.000000263. The summed E-state index contributed by atoms with van der Waals surface area (Å²) in [6.07, 6.45) is 13.3. The fraction of sp³-hybridized carbons (Fsp3) is 1.00. The van der Waals surface area contributed by atoms with E-state index >= 15 is 0 Å². The molecule has 0 aliphatic carbocycles. The van der Waals surface area contributed by atoms with Crippen LogP contribution in [0.1, 0.15) is 71.1 Å². The SMILES string of the molecule is CCCCCCCCCCCCO.O=S(=O)(O)O.OCCOCCOCCOCCOCCOCCO.[NaH]. The van der Waals surface area contributed by atoms with Crippen molar-refractivity contribution >= 4 is 40.0 Å².